The maximum atomic E-state index is 12.8. The molecule has 1 aromatic carbocycles. The minimum atomic E-state index is -3.99. The van der Waals surface area contributed by atoms with Crippen LogP contribution in [0.2, 0.25) is 0 Å². The van der Waals surface area contributed by atoms with Crippen LogP contribution in [0.3, 0.4) is 0 Å². The maximum absolute atomic E-state index is 12.8. The number of hydrogen-bond acceptors (Lipinski definition) is 8. The van der Waals surface area contributed by atoms with Crippen molar-refractivity contribution < 1.29 is 18.1 Å². The first-order chi connectivity index (χ1) is 12.8. The van der Waals surface area contributed by atoms with Crippen molar-refractivity contribution in [1.82, 2.24) is 14.5 Å². The number of aromatic nitrogens is 2. The molecule has 0 aliphatic carbocycles. The average Bonchev–Trinajstić information content (AvgIpc) is 3.11. The van der Waals surface area contributed by atoms with E-state index in [4.69, 9.17) is 4.74 Å². The fourth-order valence-corrected chi connectivity index (χ4v) is 4.41. The van der Waals surface area contributed by atoms with Crippen LogP contribution in [0.5, 0.6) is 5.88 Å². The number of hydrogen-bond donors (Lipinski definition) is 0. The topological polar surface area (TPSA) is 119 Å². The molecular weight excluding hydrogens is 374 g/mol. The van der Waals surface area contributed by atoms with Crippen molar-refractivity contribution >= 4 is 21.5 Å². The van der Waals surface area contributed by atoms with Gasteiger partial charge < -0.3 is 9.64 Å². The van der Waals surface area contributed by atoms with Crippen LogP contribution in [-0.4, -0.2) is 61.1 Å². The number of nitrogens with zero attached hydrogens (tertiary/aromatic N) is 5. The van der Waals surface area contributed by atoms with E-state index in [2.05, 4.69) is 10.2 Å². The van der Waals surface area contributed by atoms with Gasteiger partial charge in [-0.15, -0.1) is 10.2 Å². The quantitative estimate of drug-likeness (QED) is 0.532. The van der Waals surface area contributed by atoms with E-state index in [1.165, 1.54) is 28.6 Å². The zero-order valence-electron chi connectivity index (χ0n) is 14.8. The zero-order chi connectivity index (χ0) is 19.6. The highest BCUT2D eigenvalue weighted by Crippen LogP contribution is 2.29. The summed E-state index contributed by atoms with van der Waals surface area (Å²) in [6.07, 6.45) is 0.0545. The zero-order valence-corrected chi connectivity index (χ0v) is 15.7. The minimum Gasteiger partial charge on any atom is -0.472 e. The van der Waals surface area contributed by atoms with E-state index >= 15 is 0 Å². The molecule has 1 aliphatic rings. The molecule has 2 heterocycles. The van der Waals surface area contributed by atoms with E-state index in [0.29, 0.717) is 18.1 Å². The van der Waals surface area contributed by atoms with E-state index in [1.54, 1.807) is 17.0 Å². The molecule has 2 aromatic rings. The van der Waals surface area contributed by atoms with Crippen LogP contribution in [0.4, 0.5) is 11.5 Å². The third-order valence-corrected chi connectivity index (χ3v) is 6.07. The van der Waals surface area contributed by atoms with Crippen LogP contribution in [-0.2, 0) is 10.0 Å². The second kappa shape index (κ2) is 7.45. The predicted molar refractivity (Wildman–Crippen MR) is 97.2 cm³/mol. The molecule has 27 heavy (non-hydrogen) atoms. The van der Waals surface area contributed by atoms with Gasteiger partial charge in [0.2, 0.25) is 15.9 Å². The molecule has 0 amide bonds. The van der Waals surface area contributed by atoms with Gasteiger partial charge in [0, 0.05) is 32.8 Å². The Balaban J connectivity index is 1.73. The summed E-state index contributed by atoms with van der Waals surface area (Å²) in [5.74, 6) is 0.977. The lowest BCUT2D eigenvalue weighted by Crippen LogP contribution is -2.31. The van der Waals surface area contributed by atoms with Crippen molar-refractivity contribution in [2.45, 2.75) is 17.4 Å². The Morgan fingerprint density at radius 2 is 1.96 bits per heavy atom. The Morgan fingerprint density at radius 3 is 2.59 bits per heavy atom. The van der Waals surface area contributed by atoms with Crippen LogP contribution in [0.1, 0.15) is 6.42 Å². The summed E-state index contributed by atoms with van der Waals surface area (Å²) in [6.45, 7) is 0.299. The second-order valence-corrected chi connectivity index (χ2v) is 8.15. The Hall–Kier alpha value is -2.79. The molecule has 0 saturated carbocycles. The molecule has 1 unspecified atom stereocenters. The molecule has 0 spiro atoms. The molecule has 1 fully saturated rings. The molecule has 10 nitrogen and oxygen atoms in total. The first-order valence-corrected chi connectivity index (χ1v) is 9.64. The van der Waals surface area contributed by atoms with Crippen LogP contribution < -0.4 is 9.64 Å². The largest absolute Gasteiger partial charge is 0.472 e. The molecule has 11 heteroatoms. The highest BCUT2D eigenvalue weighted by molar-refractivity contribution is 7.89. The predicted octanol–water partition coefficient (Wildman–Crippen LogP) is 1.29. The normalized spacial score (nSPS) is 17.6. The summed E-state index contributed by atoms with van der Waals surface area (Å²) in [4.78, 5) is 11.9. The van der Waals surface area contributed by atoms with Gasteiger partial charge in [-0.2, -0.15) is 4.31 Å². The summed E-state index contributed by atoms with van der Waals surface area (Å²) >= 11 is 0. The van der Waals surface area contributed by atoms with Crippen molar-refractivity contribution in [3.8, 4) is 5.88 Å². The lowest BCUT2D eigenvalue weighted by molar-refractivity contribution is -0.387. The van der Waals surface area contributed by atoms with Crippen molar-refractivity contribution in [1.29, 1.82) is 0 Å². The summed E-state index contributed by atoms with van der Waals surface area (Å²) in [5.41, 5.74) is -0.438. The molecule has 0 bridgehead atoms. The van der Waals surface area contributed by atoms with Gasteiger partial charge in [-0.05, 0) is 18.6 Å². The van der Waals surface area contributed by atoms with Gasteiger partial charge in [0.25, 0.3) is 5.69 Å². The third-order valence-electron chi connectivity index (χ3n) is 4.16. The highest BCUT2D eigenvalue weighted by Gasteiger charge is 2.37. The van der Waals surface area contributed by atoms with Crippen LogP contribution in [0.15, 0.2) is 41.3 Å². The number of sulfonamides is 1. The number of anilines is 1. The van der Waals surface area contributed by atoms with Gasteiger partial charge in [-0.3, -0.25) is 10.1 Å². The van der Waals surface area contributed by atoms with Gasteiger partial charge in [0.05, 0.1) is 11.5 Å². The van der Waals surface area contributed by atoms with Gasteiger partial charge in [-0.1, -0.05) is 12.1 Å². The Kier molecular flexibility index (Phi) is 5.24. The van der Waals surface area contributed by atoms with Crippen molar-refractivity contribution in [2.75, 3.05) is 32.1 Å². The Bertz CT molecular complexity index is 932. The fraction of sp³-hybridized carbons (Fsp3) is 0.375. The highest BCUT2D eigenvalue weighted by atomic mass is 32.2. The first-order valence-electron chi connectivity index (χ1n) is 8.20. The Labute approximate surface area is 156 Å². The van der Waals surface area contributed by atoms with E-state index in [-0.39, 0.29) is 18.0 Å². The van der Waals surface area contributed by atoms with E-state index in [0.717, 1.165) is 0 Å². The fourth-order valence-electron chi connectivity index (χ4n) is 2.76. The molecule has 3 rings (SSSR count). The number of para-hydroxylation sites is 1. The van der Waals surface area contributed by atoms with Gasteiger partial charge in [-0.25, -0.2) is 8.42 Å². The first kappa shape index (κ1) is 19.0. The average molecular weight is 393 g/mol. The molecule has 144 valence electrons. The van der Waals surface area contributed by atoms with Gasteiger partial charge in [0.1, 0.15) is 6.10 Å². The molecule has 1 saturated heterocycles. The number of ether oxygens (including phenoxy) is 1. The van der Waals surface area contributed by atoms with Crippen molar-refractivity contribution in [2.24, 2.45) is 0 Å². The van der Waals surface area contributed by atoms with Gasteiger partial charge in [0.15, 0.2) is 10.7 Å². The number of nitro groups is 1. The molecular formula is C16H19N5O5S. The van der Waals surface area contributed by atoms with Gasteiger partial charge >= 0.3 is 0 Å². The van der Waals surface area contributed by atoms with E-state index in [9.17, 15) is 18.5 Å². The molecule has 0 radical (unpaired) electrons. The standard InChI is InChI=1S/C16H19N5O5S/c1-19(2)15-7-8-16(18-17-15)26-12-9-10-20(11-12)27(24,25)14-6-4-3-5-13(14)21(22)23/h3-8,12H,9-11H2,1-2H3. The van der Waals surface area contributed by atoms with E-state index in [1.807, 2.05) is 14.1 Å². The monoisotopic (exact) mass is 393 g/mol. The Morgan fingerprint density at radius 1 is 1.22 bits per heavy atom. The molecule has 1 aliphatic heterocycles. The van der Waals surface area contributed by atoms with Crippen molar-refractivity contribution in [3.05, 3.63) is 46.5 Å². The second-order valence-electron chi connectivity index (χ2n) is 6.24. The lowest BCUT2D eigenvalue weighted by atomic mass is 10.3. The number of benzene rings is 1. The van der Waals surface area contributed by atoms with Crippen LogP contribution >= 0.6 is 0 Å². The molecule has 1 aromatic heterocycles. The summed E-state index contributed by atoms with van der Waals surface area (Å²) < 4.78 is 32.5. The summed E-state index contributed by atoms with van der Waals surface area (Å²) in [5, 5.41) is 19.1. The van der Waals surface area contributed by atoms with Crippen LogP contribution in [0.25, 0.3) is 0 Å². The van der Waals surface area contributed by atoms with Crippen molar-refractivity contribution in [3.63, 3.8) is 0 Å². The summed E-state index contributed by atoms with van der Waals surface area (Å²) in [6, 6.07) is 8.74. The smallest absolute Gasteiger partial charge is 0.289 e. The number of rotatable bonds is 6. The van der Waals surface area contributed by atoms with Crippen LogP contribution in [0, 0.1) is 10.1 Å². The minimum absolute atomic E-state index is 0.0888. The molecule has 1 atom stereocenters. The lowest BCUT2D eigenvalue weighted by Gasteiger charge is -2.17. The third kappa shape index (κ3) is 3.98. The summed E-state index contributed by atoms with van der Waals surface area (Å²) in [7, 11) is -0.308. The van der Waals surface area contributed by atoms with E-state index < -0.39 is 26.7 Å². The maximum Gasteiger partial charge on any atom is 0.289 e. The molecule has 0 N–H and O–H groups in total. The number of nitro benzene ring substituents is 1. The SMILES string of the molecule is CN(C)c1ccc(OC2CCN(S(=O)(=O)c3ccccc3[N+](=O)[O-])C2)nn1.